The summed E-state index contributed by atoms with van der Waals surface area (Å²) in [5.41, 5.74) is 7.72. The van der Waals surface area contributed by atoms with Crippen LogP contribution in [0.15, 0.2) is 36.4 Å². The molecule has 29 heavy (non-hydrogen) atoms. The third-order valence-electron chi connectivity index (χ3n) is 5.21. The number of imidazole rings is 1. The SMILES string of the molecule is NC(=O)COc1ccc(CN2CCC(c3nc4ccc(F)cc4[nH]3)CC2)cc1Cl. The van der Waals surface area contributed by atoms with Crippen molar-refractivity contribution in [1.82, 2.24) is 14.9 Å². The second kappa shape index (κ2) is 8.39. The first-order valence-corrected chi connectivity index (χ1v) is 9.93. The maximum Gasteiger partial charge on any atom is 0.255 e. The average Bonchev–Trinajstić information content (AvgIpc) is 3.11. The molecule has 0 atom stereocenters. The lowest BCUT2D eigenvalue weighted by molar-refractivity contribution is -0.119. The number of rotatable bonds is 6. The summed E-state index contributed by atoms with van der Waals surface area (Å²) in [6, 6.07) is 10.2. The third kappa shape index (κ3) is 4.68. The van der Waals surface area contributed by atoms with Gasteiger partial charge in [0.2, 0.25) is 0 Å². The number of fused-ring (bicyclic) bond motifs is 1. The fourth-order valence-corrected chi connectivity index (χ4v) is 3.98. The van der Waals surface area contributed by atoms with Crippen LogP contribution in [0.1, 0.15) is 30.1 Å². The van der Waals surface area contributed by atoms with E-state index in [1.54, 1.807) is 12.1 Å². The predicted molar refractivity (Wildman–Crippen MR) is 109 cm³/mol. The van der Waals surface area contributed by atoms with Crippen LogP contribution in [0.2, 0.25) is 5.02 Å². The van der Waals surface area contributed by atoms with Gasteiger partial charge in [0.15, 0.2) is 6.61 Å². The summed E-state index contributed by atoms with van der Waals surface area (Å²) in [6.45, 7) is 2.47. The summed E-state index contributed by atoms with van der Waals surface area (Å²) in [4.78, 5) is 21.1. The Balaban J connectivity index is 1.34. The number of H-pyrrole nitrogens is 1. The van der Waals surface area contributed by atoms with Gasteiger partial charge in [-0.25, -0.2) is 9.37 Å². The van der Waals surface area contributed by atoms with Crippen LogP contribution in [-0.4, -0.2) is 40.5 Å². The summed E-state index contributed by atoms with van der Waals surface area (Å²) >= 11 is 6.25. The van der Waals surface area contributed by atoms with Gasteiger partial charge in [-0.1, -0.05) is 17.7 Å². The van der Waals surface area contributed by atoms with E-state index in [2.05, 4.69) is 14.9 Å². The largest absolute Gasteiger partial charge is 0.482 e. The lowest BCUT2D eigenvalue weighted by Crippen LogP contribution is -2.32. The van der Waals surface area contributed by atoms with E-state index in [0.29, 0.717) is 16.7 Å². The molecule has 1 amide bonds. The highest BCUT2D eigenvalue weighted by molar-refractivity contribution is 6.32. The number of nitrogens with one attached hydrogen (secondary N) is 1. The van der Waals surface area contributed by atoms with Crippen molar-refractivity contribution in [3.8, 4) is 5.75 Å². The number of piperidine rings is 1. The first kappa shape index (κ1) is 19.7. The van der Waals surface area contributed by atoms with Crippen molar-refractivity contribution in [1.29, 1.82) is 0 Å². The van der Waals surface area contributed by atoms with Crippen molar-refractivity contribution in [3.05, 3.63) is 58.6 Å². The summed E-state index contributed by atoms with van der Waals surface area (Å²) < 4.78 is 18.7. The summed E-state index contributed by atoms with van der Waals surface area (Å²) in [7, 11) is 0. The van der Waals surface area contributed by atoms with E-state index < -0.39 is 5.91 Å². The number of amides is 1. The maximum atomic E-state index is 13.4. The second-order valence-electron chi connectivity index (χ2n) is 7.35. The molecule has 1 aliphatic heterocycles. The Morgan fingerprint density at radius 3 is 2.79 bits per heavy atom. The van der Waals surface area contributed by atoms with Crippen molar-refractivity contribution in [3.63, 3.8) is 0 Å². The molecular weight excluding hydrogens is 395 g/mol. The number of primary amides is 1. The Bertz CT molecular complexity index is 1030. The Hall–Kier alpha value is -2.64. The lowest BCUT2D eigenvalue weighted by atomic mass is 9.96. The van der Waals surface area contributed by atoms with E-state index >= 15 is 0 Å². The lowest BCUT2D eigenvalue weighted by Gasteiger charge is -2.31. The highest BCUT2D eigenvalue weighted by Gasteiger charge is 2.23. The zero-order valence-corrected chi connectivity index (χ0v) is 16.6. The van der Waals surface area contributed by atoms with Crippen LogP contribution in [0.4, 0.5) is 4.39 Å². The van der Waals surface area contributed by atoms with Gasteiger partial charge >= 0.3 is 0 Å². The van der Waals surface area contributed by atoms with Crippen LogP contribution >= 0.6 is 11.6 Å². The number of carbonyl (C=O) groups excluding carboxylic acids is 1. The summed E-state index contributed by atoms with van der Waals surface area (Å²) in [5, 5.41) is 0.466. The standard InChI is InChI=1S/C21H22ClFN4O2/c22-16-9-13(1-4-19(16)29-12-20(24)28)11-27-7-5-14(6-8-27)21-25-17-3-2-15(23)10-18(17)26-21/h1-4,9-10,14H,5-8,11-12H2,(H2,24,28)(H,25,26). The molecule has 0 unspecified atom stereocenters. The predicted octanol–water partition coefficient (Wildman–Crippen LogP) is 3.60. The second-order valence-corrected chi connectivity index (χ2v) is 7.76. The minimum absolute atomic E-state index is 0.193. The number of hydrogen-bond donors (Lipinski definition) is 2. The number of carbonyl (C=O) groups is 1. The van der Waals surface area contributed by atoms with Gasteiger partial charge in [-0.15, -0.1) is 0 Å². The summed E-state index contributed by atoms with van der Waals surface area (Å²) in [5.74, 6) is 0.934. The molecule has 0 saturated carbocycles. The average molecular weight is 417 g/mol. The van der Waals surface area contributed by atoms with Crippen LogP contribution in [0, 0.1) is 5.82 Å². The van der Waals surface area contributed by atoms with Crippen molar-refractivity contribution < 1.29 is 13.9 Å². The van der Waals surface area contributed by atoms with Gasteiger partial charge in [-0.2, -0.15) is 0 Å². The van der Waals surface area contributed by atoms with Crippen molar-refractivity contribution in [2.24, 2.45) is 5.73 Å². The number of aromatic nitrogens is 2. The zero-order chi connectivity index (χ0) is 20.4. The van der Waals surface area contributed by atoms with Gasteiger partial charge in [0.05, 0.1) is 16.1 Å². The topological polar surface area (TPSA) is 84.2 Å². The number of nitrogens with two attached hydrogens (primary N) is 1. The Labute approximate surface area is 172 Å². The van der Waals surface area contributed by atoms with E-state index in [1.165, 1.54) is 12.1 Å². The van der Waals surface area contributed by atoms with E-state index in [4.69, 9.17) is 22.1 Å². The minimum Gasteiger partial charge on any atom is -0.482 e. The number of nitrogens with zero attached hydrogens (tertiary/aromatic N) is 2. The normalized spacial score (nSPS) is 15.7. The molecule has 1 fully saturated rings. The molecule has 0 spiro atoms. The molecule has 152 valence electrons. The fourth-order valence-electron chi connectivity index (χ4n) is 3.73. The summed E-state index contributed by atoms with van der Waals surface area (Å²) in [6.07, 6.45) is 1.96. The quantitative estimate of drug-likeness (QED) is 0.643. The molecule has 0 bridgehead atoms. The number of ether oxygens (including phenoxy) is 1. The monoisotopic (exact) mass is 416 g/mol. The molecule has 2 heterocycles. The van der Waals surface area contributed by atoms with E-state index in [0.717, 1.165) is 54.9 Å². The van der Waals surface area contributed by atoms with Crippen molar-refractivity contribution in [2.45, 2.75) is 25.3 Å². The van der Waals surface area contributed by atoms with Gasteiger partial charge in [0.25, 0.3) is 5.91 Å². The molecule has 2 aromatic carbocycles. The van der Waals surface area contributed by atoms with Crippen LogP contribution in [0.25, 0.3) is 11.0 Å². The molecule has 1 aromatic heterocycles. The van der Waals surface area contributed by atoms with Gasteiger partial charge in [0, 0.05) is 12.5 Å². The van der Waals surface area contributed by atoms with Gasteiger partial charge < -0.3 is 15.5 Å². The molecule has 3 N–H and O–H groups in total. The maximum absolute atomic E-state index is 13.4. The first-order valence-electron chi connectivity index (χ1n) is 9.55. The Kier molecular flexibility index (Phi) is 5.69. The number of hydrogen-bond acceptors (Lipinski definition) is 4. The number of aromatic amines is 1. The van der Waals surface area contributed by atoms with Gasteiger partial charge in [-0.05, 0) is 61.8 Å². The molecule has 1 aliphatic rings. The fraction of sp³-hybridized carbons (Fsp3) is 0.333. The Morgan fingerprint density at radius 1 is 1.28 bits per heavy atom. The Morgan fingerprint density at radius 2 is 2.07 bits per heavy atom. The molecule has 0 radical (unpaired) electrons. The molecule has 0 aliphatic carbocycles. The van der Waals surface area contributed by atoms with Crippen molar-refractivity contribution in [2.75, 3.05) is 19.7 Å². The van der Waals surface area contributed by atoms with Gasteiger partial charge in [0.1, 0.15) is 17.4 Å². The smallest absolute Gasteiger partial charge is 0.255 e. The van der Waals surface area contributed by atoms with E-state index in [-0.39, 0.29) is 12.4 Å². The third-order valence-corrected chi connectivity index (χ3v) is 5.50. The van der Waals surface area contributed by atoms with Gasteiger partial charge in [-0.3, -0.25) is 9.69 Å². The number of benzene rings is 2. The molecule has 6 nitrogen and oxygen atoms in total. The molecule has 4 rings (SSSR count). The molecular formula is C21H22ClFN4O2. The van der Waals surface area contributed by atoms with E-state index in [1.807, 2.05) is 12.1 Å². The highest BCUT2D eigenvalue weighted by atomic mass is 35.5. The number of likely N-dealkylation sites (tertiary alicyclic amines) is 1. The minimum atomic E-state index is -0.539. The van der Waals surface area contributed by atoms with Crippen LogP contribution in [-0.2, 0) is 11.3 Å². The van der Waals surface area contributed by atoms with E-state index in [9.17, 15) is 9.18 Å². The molecule has 8 heteroatoms. The zero-order valence-electron chi connectivity index (χ0n) is 15.8. The highest BCUT2D eigenvalue weighted by Crippen LogP contribution is 2.30. The molecule has 1 saturated heterocycles. The molecule has 3 aromatic rings. The van der Waals surface area contributed by atoms with Crippen LogP contribution < -0.4 is 10.5 Å². The van der Waals surface area contributed by atoms with Crippen molar-refractivity contribution >= 4 is 28.5 Å². The van der Waals surface area contributed by atoms with Crippen LogP contribution in [0.3, 0.4) is 0 Å². The number of halogens is 2. The first-order chi connectivity index (χ1) is 14.0. The van der Waals surface area contributed by atoms with Crippen LogP contribution in [0.5, 0.6) is 5.75 Å².